The van der Waals surface area contributed by atoms with Gasteiger partial charge in [-0.1, -0.05) is 24.3 Å². The van der Waals surface area contributed by atoms with Crippen LogP contribution in [0.5, 0.6) is 5.75 Å². The van der Waals surface area contributed by atoms with E-state index in [9.17, 15) is 14.9 Å². The molecule has 10 nitrogen and oxygen atoms in total. The molecule has 2 fully saturated rings. The first-order chi connectivity index (χ1) is 18.9. The Morgan fingerprint density at radius 2 is 1.77 bits per heavy atom. The van der Waals surface area contributed by atoms with Crippen molar-refractivity contribution in [3.63, 3.8) is 0 Å². The lowest BCUT2D eigenvalue weighted by Crippen LogP contribution is -2.52. The predicted octanol–water partition coefficient (Wildman–Crippen LogP) is 4.19. The summed E-state index contributed by atoms with van der Waals surface area (Å²) in [6.07, 6.45) is 0. The number of nitrogens with one attached hydrogen (secondary N) is 1. The zero-order valence-corrected chi connectivity index (χ0v) is 23.8. The Bertz CT molecular complexity index is 1420. The number of thiocarbonyl (C=S) groups is 1. The van der Waals surface area contributed by atoms with Crippen molar-refractivity contribution in [1.82, 2.24) is 10.2 Å². The zero-order valence-electron chi connectivity index (χ0n) is 21.4. The molecule has 5 rings (SSSR count). The first-order valence-electron chi connectivity index (χ1n) is 12.6. The van der Waals surface area contributed by atoms with Crippen LogP contribution in [0.3, 0.4) is 0 Å². The fraction of sp³-hybridized carbons (Fsp3) is 0.333. The number of halogens is 1. The number of anilines is 2. The number of hydrogen-bond acceptors (Lipinski definition) is 8. The molecule has 0 unspecified atom stereocenters. The quantitative estimate of drug-likeness (QED) is 0.258. The van der Waals surface area contributed by atoms with Gasteiger partial charge in [-0.15, -0.1) is 0 Å². The maximum Gasteiger partial charge on any atom is 0.292 e. The van der Waals surface area contributed by atoms with E-state index in [0.717, 1.165) is 16.5 Å². The van der Waals surface area contributed by atoms with E-state index in [-0.39, 0.29) is 16.5 Å². The molecule has 0 spiro atoms. The van der Waals surface area contributed by atoms with E-state index in [1.54, 1.807) is 18.2 Å². The molecule has 0 aromatic heterocycles. The lowest BCUT2D eigenvalue weighted by atomic mass is 10.1. The van der Waals surface area contributed by atoms with E-state index in [1.165, 1.54) is 7.11 Å². The van der Waals surface area contributed by atoms with Crippen LogP contribution in [-0.2, 0) is 4.74 Å². The predicted molar refractivity (Wildman–Crippen MR) is 158 cm³/mol. The van der Waals surface area contributed by atoms with Crippen LogP contribution in [0, 0.1) is 10.1 Å². The van der Waals surface area contributed by atoms with Gasteiger partial charge < -0.3 is 24.2 Å². The molecule has 0 aliphatic carbocycles. The molecular formula is C27H28BrN5O5S. The van der Waals surface area contributed by atoms with Crippen molar-refractivity contribution in [3.8, 4) is 5.75 Å². The average molecular weight is 615 g/mol. The topological polar surface area (TPSA) is 100 Å². The number of amides is 1. The smallest absolute Gasteiger partial charge is 0.292 e. The van der Waals surface area contributed by atoms with Crippen molar-refractivity contribution in [3.05, 3.63) is 68.7 Å². The van der Waals surface area contributed by atoms with E-state index in [1.807, 2.05) is 40.1 Å². The van der Waals surface area contributed by atoms with Gasteiger partial charge in [-0.2, -0.15) is 0 Å². The number of morpholine rings is 1. The summed E-state index contributed by atoms with van der Waals surface area (Å²) in [5.41, 5.74) is 2.02. The molecule has 3 aromatic carbocycles. The third kappa shape index (κ3) is 5.63. The Kier molecular flexibility index (Phi) is 8.15. The average Bonchev–Trinajstić information content (AvgIpc) is 2.97. The van der Waals surface area contributed by atoms with Gasteiger partial charge in [-0.05, 0) is 57.1 Å². The largest absolute Gasteiger partial charge is 0.495 e. The lowest BCUT2D eigenvalue weighted by Gasteiger charge is -2.37. The molecule has 0 radical (unpaired) electrons. The molecule has 2 aliphatic heterocycles. The zero-order chi connectivity index (χ0) is 27.5. The minimum Gasteiger partial charge on any atom is -0.495 e. The number of rotatable bonds is 5. The first kappa shape index (κ1) is 27.1. The number of methoxy groups -OCH3 is 1. The normalized spacial score (nSPS) is 15.8. The molecule has 12 heteroatoms. The van der Waals surface area contributed by atoms with Gasteiger partial charge in [0, 0.05) is 51.0 Å². The minimum atomic E-state index is -0.337. The molecule has 2 heterocycles. The molecule has 0 bridgehead atoms. The number of nitro benzene ring substituents is 1. The van der Waals surface area contributed by atoms with Gasteiger partial charge in [0.15, 0.2) is 5.11 Å². The molecule has 39 heavy (non-hydrogen) atoms. The number of hydrogen-bond donors (Lipinski definition) is 1. The third-order valence-electron chi connectivity index (χ3n) is 7.05. The highest BCUT2D eigenvalue weighted by Gasteiger charge is 2.26. The van der Waals surface area contributed by atoms with E-state index in [2.05, 4.69) is 26.1 Å². The van der Waals surface area contributed by atoms with E-state index in [0.29, 0.717) is 79.1 Å². The summed E-state index contributed by atoms with van der Waals surface area (Å²) < 4.78 is 11.7. The molecule has 0 atom stereocenters. The van der Waals surface area contributed by atoms with E-state index in [4.69, 9.17) is 21.7 Å². The molecule has 204 valence electrons. The Labute approximate surface area is 239 Å². The van der Waals surface area contributed by atoms with Crippen molar-refractivity contribution < 1.29 is 19.2 Å². The minimum absolute atomic E-state index is 0.0962. The lowest BCUT2D eigenvalue weighted by molar-refractivity contribution is -0.384. The fourth-order valence-corrected chi connectivity index (χ4v) is 6.00. The molecule has 1 N–H and O–H groups in total. The van der Waals surface area contributed by atoms with Gasteiger partial charge in [-0.25, -0.2) is 0 Å². The van der Waals surface area contributed by atoms with Crippen molar-refractivity contribution in [1.29, 1.82) is 0 Å². The highest BCUT2D eigenvalue weighted by Crippen LogP contribution is 2.37. The van der Waals surface area contributed by atoms with Crippen LogP contribution in [0.4, 0.5) is 17.1 Å². The summed E-state index contributed by atoms with van der Waals surface area (Å²) in [5, 5.41) is 16.7. The van der Waals surface area contributed by atoms with E-state index >= 15 is 0 Å². The molecule has 2 aliphatic rings. The van der Waals surface area contributed by atoms with Crippen LogP contribution in [0.2, 0.25) is 0 Å². The summed E-state index contributed by atoms with van der Waals surface area (Å²) in [7, 11) is 1.53. The van der Waals surface area contributed by atoms with Crippen LogP contribution in [0.15, 0.2) is 53.0 Å². The number of piperazine rings is 1. The summed E-state index contributed by atoms with van der Waals surface area (Å²) in [5.74, 6) is 0.115. The number of ether oxygens (including phenoxy) is 2. The summed E-state index contributed by atoms with van der Waals surface area (Å²) in [4.78, 5) is 30.7. The van der Waals surface area contributed by atoms with Crippen molar-refractivity contribution in [2.45, 2.75) is 0 Å². The van der Waals surface area contributed by atoms with Crippen molar-refractivity contribution >= 4 is 67.0 Å². The van der Waals surface area contributed by atoms with Crippen molar-refractivity contribution in [2.24, 2.45) is 0 Å². The van der Waals surface area contributed by atoms with Crippen LogP contribution in [-0.4, -0.2) is 80.4 Å². The Morgan fingerprint density at radius 1 is 1.05 bits per heavy atom. The van der Waals surface area contributed by atoms with Crippen LogP contribution in [0.25, 0.3) is 10.8 Å². The third-order valence-corrected chi connectivity index (χ3v) is 8.20. The van der Waals surface area contributed by atoms with E-state index < -0.39 is 0 Å². The first-order valence-corrected chi connectivity index (χ1v) is 13.8. The number of fused-ring (bicyclic) bond motifs is 1. The Morgan fingerprint density at radius 3 is 2.46 bits per heavy atom. The second-order valence-corrected chi connectivity index (χ2v) is 10.4. The van der Waals surface area contributed by atoms with Gasteiger partial charge in [0.05, 0.1) is 35.3 Å². The van der Waals surface area contributed by atoms with Gasteiger partial charge in [0.2, 0.25) is 0 Å². The number of benzene rings is 3. The maximum absolute atomic E-state index is 13.2. The number of nitro groups is 1. The SMILES string of the molecule is COc1c(C(=O)NC(=S)N2CCN(c3ccc([N+](=O)[O-])c(N4CCOCC4)c3)CC2)cc2ccccc2c1Br. The van der Waals surface area contributed by atoms with Gasteiger partial charge in [0.25, 0.3) is 11.6 Å². The molecule has 2 saturated heterocycles. The standard InChI is InChI=1S/C27H28BrN5O5S/c1-37-25-21(16-18-4-2-3-5-20(18)24(25)28)26(34)29-27(39)32-10-8-30(9-11-32)19-6-7-22(33(35)36)23(17-19)31-12-14-38-15-13-31/h2-7,16-17H,8-15H2,1H3,(H,29,34,39). The Balaban J connectivity index is 1.26. The van der Waals surface area contributed by atoms with Crippen LogP contribution in [0.1, 0.15) is 10.4 Å². The summed E-state index contributed by atoms with van der Waals surface area (Å²) >= 11 is 9.17. The number of nitrogens with zero attached hydrogens (tertiary/aromatic N) is 4. The van der Waals surface area contributed by atoms with Crippen LogP contribution >= 0.6 is 28.1 Å². The second kappa shape index (κ2) is 11.7. The monoisotopic (exact) mass is 613 g/mol. The highest BCUT2D eigenvalue weighted by atomic mass is 79.9. The Hall–Kier alpha value is -3.48. The fourth-order valence-electron chi connectivity index (χ4n) is 4.98. The number of carbonyl (C=O) groups excluding carboxylic acids is 1. The maximum atomic E-state index is 13.2. The van der Waals surface area contributed by atoms with Crippen LogP contribution < -0.4 is 19.9 Å². The molecule has 1 amide bonds. The summed E-state index contributed by atoms with van der Waals surface area (Å²) in [6, 6.07) is 14.8. The number of carbonyl (C=O) groups is 1. The second-order valence-electron chi connectivity index (χ2n) is 9.26. The molecule has 3 aromatic rings. The van der Waals surface area contributed by atoms with Gasteiger partial charge in [0.1, 0.15) is 11.4 Å². The van der Waals surface area contributed by atoms with Crippen molar-refractivity contribution in [2.75, 3.05) is 69.4 Å². The van der Waals surface area contributed by atoms with Gasteiger partial charge in [-0.3, -0.25) is 20.2 Å². The molecular weight excluding hydrogens is 586 g/mol. The summed E-state index contributed by atoms with van der Waals surface area (Å²) in [6.45, 7) is 4.83. The highest BCUT2D eigenvalue weighted by molar-refractivity contribution is 9.10. The molecule has 0 saturated carbocycles. The van der Waals surface area contributed by atoms with Gasteiger partial charge >= 0.3 is 0 Å².